The number of halogens is 8. The second-order valence-electron chi connectivity index (χ2n) is 32.7. The Labute approximate surface area is 729 Å². The second kappa shape index (κ2) is 43.5. The molecule has 29 heteroatoms. The Morgan fingerprint density at radius 2 is 0.761 bits per heavy atom. The van der Waals surface area contributed by atoms with Crippen LogP contribution in [0.1, 0.15) is 182 Å². The number of carboxylic acids is 1. The summed E-state index contributed by atoms with van der Waals surface area (Å²) >= 11 is 31.6. The summed E-state index contributed by atoms with van der Waals surface area (Å²) in [5, 5.41) is 14.9. The third-order valence-corrected chi connectivity index (χ3v) is 25.2. The van der Waals surface area contributed by atoms with Gasteiger partial charge < -0.3 is 49.0 Å². The zero-order valence-corrected chi connectivity index (χ0v) is 76.0. The Morgan fingerprint density at radius 1 is 0.444 bits per heavy atom. The highest BCUT2D eigenvalue weighted by atomic mass is 35.5. The van der Waals surface area contributed by atoms with E-state index in [0.29, 0.717) is 116 Å². The first-order chi connectivity index (χ1) is 54.5. The van der Waals surface area contributed by atoms with Crippen molar-refractivity contribution < 1.29 is 70.8 Å². The number of carboxylic acid groups (broad SMARTS) is 1. The normalized spacial score (nSPS) is 14.1. The summed E-state index contributed by atoms with van der Waals surface area (Å²) < 4.78 is 63.9. The summed E-state index contributed by atoms with van der Waals surface area (Å²) in [6, 6.07) is 29.2. The number of hydrogen-bond acceptors (Lipinski definition) is 16. The van der Waals surface area contributed by atoms with Gasteiger partial charge in [-0.25, -0.2) is 37.1 Å². The molecule has 0 aliphatic carbocycles. The fourth-order valence-electron chi connectivity index (χ4n) is 12.9. The van der Waals surface area contributed by atoms with Crippen molar-refractivity contribution in [3.05, 3.63) is 219 Å². The van der Waals surface area contributed by atoms with Crippen LogP contribution in [-0.2, 0) is 87.6 Å². The number of hydrogen-bond donors (Lipinski definition) is 2. The predicted molar refractivity (Wildman–Crippen MR) is 469 cm³/mol. The number of esters is 1. The highest BCUT2D eigenvalue weighted by molar-refractivity contribution is 8.13. The van der Waals surface area contributed by atoms with Gasteiger partial charge in [-0.1, -0.05) is 110 Å². The largest absolute Gasteiger partial charge is 0.478 e. The van der Waals surface area contributed by atoms with Gasteiger partial charge in [-0.2, -0.15) is 0 Å². The van der Waals surface area contributed by atoms with Crippen LogP contribution in [-0.4, -0.2) is 156 Å². The van der Waals surface area contributed by atoms with Crippen LogP contribution in [0.5, 0.6) is 0 Å². The highest BCUT2D eigenvalue weighted by Crippen LogP contribution is 2.42. The molecule has 0 aromatic heterocycles. The maximum absolute atomic E-state index is 14.5. The average molecular weight is 1790 g/mol. The lowest BCUT2D eigenvalue weighted by Gasteiger charge is -2.26. The number of carbonyl (C=O) groups excluding carboxylic acids is 6. The molecule has 0 saturated heterocycles. The summed E-state index contributed by atoms with van der Waals surface area (Å²) in [6.07, 6.45) is 5.42. The Hall–Kier alpha value is -6.97. The molecule has 0 atom stereocenters. The Morgan fingerprint density at radius 3 is 1.09 bits per heavy atom. The molecule has 4 aliphatic rings. The van der Waals surface area contributed by atoms with Crippen LogP contribution in [0.4, 0.5) is 32.3 Å². The van der Waals surface area contributed by atoms with E-state index < -0.39 is 46.2 Å². The Bertz CT molecular complexity index is 4740. The molecule has 0 spiro atoms. The molecule has 0 fully saturated rings. The zero-order chi connectivity index (χ0) is 85.3. The molecule has 17 nitrogen and oxygen atoms in total. The van der Waals surface area contributed by atoms with E-state index in [1.807, 2.05) is 132 Å². The molecular formula is C88H105Cl5F3N5O12S4. The number of Topliss-reactive ketones (excluding diaryl/α,β-unsaturated/α-hetero) is 1. The van der Waals surface area contributed by atoms with Crippen molar-refractivity contribution in [2.75, 3.05) is 73.6 Å². The van der Waals surface area contributed by atoms with E-state index in [-0.39, 0.29) is 63.8 Å². The van der Waals surface area contributed by atoms with Crippen LogP contribution in [0.2, 0.25) is 20.1 Å². The SMILES string of the molecule is CC(C)(C)CC(=O)c1ccc(CSc2c(Cl)ccc3c2CCNCC3)cc1F.CC(C)(C)OC(=O)N1CCc2ccc(Cl)c(SCc3ccc(C(=O)O)c(F)c3)c2CC1.CN(C)C(=O)Sc1c(Cl)ccc2c1CCN(C(=O)OC(C)(C)C)CC2.COC(=O)c1ccc(CSc2c(Cl)ccc3c2CCN(C(=O)OC(C)(C)C)CC3)cc1F.Cl. The van der Waals surface area contributed by atoms with Crippen molar-refractivity contribution in [1.82, 2.24) is 24.9 Å². The van der Waals surface area contributed by atoms with Gasteiger partial charge in [-0.15, -0.1) is 47.7 Å². The van der Waals surface area contributed by atoms with Crippen molar-refractivity contribution in [3.8, 4) is 0 Å². The predicted octanol–water partition coefficient (Wildman–Crippen LogP) is 22.6. The molecule has 634 valence electrons. The summed E-state index contributed by atoms with van der Waals surface area (Å²) in [7, 11) is 4.66. The van der Waals surface area contributed by atoms with Crippen LogP contribution in [0.25, 0.3) is 0 Å². The number of fused-ring (bicyclic) bond motifs is 4. The smallest absolute Gasteiger partial charge is 0.410 e. The maximum Gasteiger partial charge on any atom is 0.410 e. The Balaban J connectivity index is 0.000000216. The van der Waals surface area contributed by atoms with Gasteiger partial charge in [-0.05, 0) is 266 Å². The standard InChI is InChI=1S/C24H27ClFNO4S.C23H25ClFNO4S.C23H27ClFNOS.C18H25ClN2O3S.ClH/c1-24(2,3)31-23(29)27-11-9-16-6-8-19(25)21(17(16)10-12-27)32-14-15-5-7-18(20(26)13-15)22(28)30-4;1-23(2,3)30-22(29)26-10-8-15-5-7-18(24)20(16(15)9-11-26)31-13-14-4-6-17(21(27)28)19(25)12-14;1-23(2,3)13-21(27)18-6-4-15(12-20(18)25)14-28-22-17-9-11-26-10-8-16(17)5-7-19(22)24;1-18(2,3)24-16(22)21-10-8-12-6-7-14(19)15(13(12)9-11-21)25-17(23)20(4)5;/h5-8,13H,9-12,14H2,1-4H3;4-7,12H,8-11,13H2,1-3H3,(H,27,28);4-7,12,26H,8-11,13-14H2,1-3H3;6-7H,8-11H2,1-5H3;1H. The van der Waals surface area contributed by atoms with E-state index in [2.05, 4.69) is 16.1 Å². The lowest BCUT2D eigenvalue weighted by molar-refractivity contribution is 0.0247. The molecule has 4 aliphatic heterocycles. The van der Waals surface area contributed by atoms with Crippen molar-refractivity contribution in [3.63, 3.8) is 0 Å². The van der Waals surface area contributed by atoms with Crippen LogP contribution in [0.3, 0.4) is 0 Å². The molecule has 0 radical (unpaired) electrons. The third-order valence-electron chi connectivity index (χ3n) is 18.6. The number of thioether (sulfide) groups is 4. The van der Waals surface area contributed by atoms with Gasteiger partial charge in [0.15, 0.2) is 5.78 Å². The molecule has 7 aromatic carbocycles. The lowest BCUT2D eigenvalue weighted by Crippen LogP contribution is -2.38. The molecule has 4 amide bonds. The number of aromatic carboxylic acids is 1. The van der Waals surface area contributed by atoms with Gasteiger partial charge in [0.05, 0.1) is 43.9 Å². The van der Waals surface area contributed by atoms with Gasteiger partial charge in [0.1, 0.15) is 34.3 Å². The van der Waals surface area contributed by atoms with Crippen molar-refractivity contribution in [2.24, 2.45) is 5.41 Å². The molecular weight excluding hydrogens is 1680 g/mol. The highest BCUT2D eigenvalue weighted by Gasteiger charge is 2.31. The lowest BCUT2D eigenvalue weighted by atomic mass is 9.87. The van der Waals surface area contributed by atoms with Gasteiger partial charge in [-0.3, -0.25) is 9.59 Å². The molecule has 117 heavy (non-hydrogen) atoms. The van der Waals surface area contributed by atoms with E-state index >= 15 is 0 Å². The number of ketones is 1. The number of methoxy groups -OCH3 is 1. The first-order valence-electron chi connectivity index (χ1n) is 38.3. The number of benzene rings is 7. The fraction of sp³-hybridized carbons (Fsp3) is 0.443. The number of nitrogens with one attached hydrogen (secondary N) is 1. The van der Waals surface area contributed by atoms with Gasteiger partial charge in [0, 0.05) is 96.6 Å². The van der Waals surface area contributed by atoms with E-state index in [9.17, 15) is 46.7 Å². The van der Waals surface area contributed by atoms with Gasteiger partial charge in [0.25, 0.3) is 5.24 Å². The number of ether oxygens (including phenoxy) is 4. The molecule has 4 heterocycles. The summed E-state index contributed by atoms with van der Waals surface area (Å²) in [4.78, 5) is 94.8. The molecule has 0 bridgehead atoms. The summed E-state index contributed by atoms with van der Waals surface area (Å²) in [5.41, 5.74) is 9.55. The fourth-order valence-corrected chi connectivity index (χ4v) is 18.5. The molecule has 7 aromatic rings. The first kappa shape index (κ1) is 97.2. The summed E-state index contributed by atoms with van der Waals surface area (Å²) in [5.74, 6) is -2.38. The molecule has 0 unspecified atom stereocenters. The monoisotopic (exact) mass is 1780 g/mol. The number of nitrogens with zero attached hydrogens (tertiary/aromatic N) is 4. The van der Waals surface area contributed by atoms with Crippen LogP contribution in [0.15, 0.2) is 123 Å². The van der Waals surface area contributed by atoms with E-state index in [0.717, 1.165) is 113 Å². The van der Waals surface area contributed by atoms with E-state index in [1.54, 1.807) is 58.8 Å². The quantitative estimate of drug-likeness (QED) is 0.0450. The molecule has 0 saturated carbocycles. The number of amides is 4. The second-order valence-corrected chi connectivity index (χ2v) is 38.3. The number of carbonyl (C=O) groups is 7. The van der Waals surface area contributed by atoms with Gasteiger partial charge in [0.2, 0.25) is 0 Å². The third kappa shape index (κ3) is 29.1. The van der Waals surface area contributed by atoms with Crippen LogP contribution >= 0.6 is 106 Å². The van der Waals surface area contributed by atoms with Crippen LogP contribution in [0, 0.1) is 22.9 Å². The minimum Gasteiger partial charge on any atom is -0.478 e. The molecule has 2 N–H and O–H groups in total. The minimum absolute atomic E-state index is 0. The average Bonchev–Trinajstić information content (AvgIpc) is 1.81. The van der Waals surface area contributed by atoms with Crippen molar-refractivity contribution >= 4 is 147 Å². The molecule has 11 rings (SSSR count). The van der Waals surface area contributed by atoms with E-state index in [1.165, 1.54) is 77.0 Å². The van der Waals surface area contributed by atoms with Crippen molar-refractivity contribution in [1.29, 1.82) is 0 Å². The number of rotatable bonds is 14. The van der Waals surface area contributed by atoms with E-state index in [4.69, 9.17) is 65.7 Å². The van der Waals surface area contributed by atoms with Gasteiger partial charge >= 0.3 is 30.2 Å². The topological polar surface area (TPSA) is 202 Å². The maximum atomic E-state index is 14.5. The Kier molecular flexibility index (Phi) is 36.1. The van der Waals surface area contributed by atoms with Crippen LogP contribution < -0.4 is 5.32 Å². The zero-order valence-electron chi connectivity index (χ0n) is 68.9. The minimum atomic E-state index is -1.29. The van der Waals surface area contributed by atoms with Crippen molar-refractivity contribution in [2.45, 2.75) is 195 Å². The first-order valence-corrected chi connectivity index (χ1v) is 43.6. The summed E-state index contributed by atoms with van der Waals surface area (Å²) in [6.45, 7) is 27.9.